The number of thioether (sulfide) groups is 1. The third-order valence-electron chi connectivity index (χ3n) is 1.65. The molecule has 2 nitrogen and oxygen atoms in total. The van der Waals surface area contributed by atoms with E-state index in [1.165, 1.54) is 4.90 Å². The van der Waals surface area contributed by atoms with Gasteiger partial charge in [-0.25, -0.2) is 0 Å². The van der Waals surface area contributed by atoms with E-state index in [0.717, 1.165) is 5.69 Å². The van der Waals surface area contributed by atoms with Gasteiger partial charge in [-0.05, 0) is 19.1 Å². The summed E-state index contributed by atoms with van der Waals surface area (Å²) in [6.07, 6.45) is 1.90. The Morgan fingerprint density at radius 2 is 2.00 bits per heavy atom. The first-order chi connectivity index (χ1) is 6.38. The number of hydrogen-bond donors (Lipinski definition) is 1. The molecule has 1 aromatic rings. The quantitative estimate of drug-likeness (QED) is 0.763. The highest BCUT2D eigenvalue weighted by atomic mass is 32.2. The average Bonchev–Trinajstić information content (AvgIpc) is 2.02. The molecule has 1 unspecified atom stereocenters. The first-order valence-electron chi connectivity index (χ1n) is 4.79. The Morgan fingerprint density at radius 3 is 2.36 bits per heavy atom. The highest BCUT2D eigenvalue weighted by Gasteiger charge is 2.12. The van der Waals surface area contributed by atoms with Gasteiger partial charge in [-0.1, -0.05) is 20.8 Å². The van der Waals surface area contributed by atoms with Gasteiger partial charge in [0.2, 0.25) is 0 Å². The molecule has 3 heteroatoms. The van der Waals surface area contributed by atoms with Crippen LogP contribution >= 0.6 is 11.8 Å². The SMILES string of the molecule is CC(N)c1ccc(SC(C)(C)C)cn1. The normalized spacial score (nSPS) is 14.1. The van der Waals surface area contributed by atoms with Gasteiger partial charge in [-0.3, -0.25) is 4.98 Å². The maximum atomic E-state index is 5.72. The Balaban J connectivity index is 2.74. The number of aromatic nitrogens is 1. The Labute approximate surface area is 90.3 Å². The molecule has 0 spiro atoms. The Bertz CT molecular complexity index is 285. The first kappa shape index (κ1) is 11.5. The molecule has 0 aliphatic heterocycles. The summed E-state index contributed by atoms with van der Waals surface area (Å²) in [5.74, 6) is 0. The van der Waals surface area contributed by atoms with Crippen LogP contribution in [0.1, 0.15) is 39.4 Å². The molecule has 1 aromatic heterocycles. The van der Waals surface area contributed by atoms with Crippen molar-refractivity contribution in [2.24, 2.45) is 5.73 Å². The predicted octanol–water partition coefficient (Wildman–Crippen LogP) is 2.99. The minimum Gasteiger partial charge on any atom is -0.323 e. The molecule has 0 amide bonds. The largest absolute Gasteiger partial charge is 0.323 e. The van der Waals surface area contributed by atoms with Crippen LogP contribution in [0.4, 0.5) is 0 Å². The molecular formula is C11H18N2S. The molecule has 0 aromatic carbocycles. The minimum absolute atomic E-state index is 0.0173. The fourth-order valence-electron chi connectivity index (χ4n) is 1.08. The molecule has 0 saturated carbocycles. The summed E-state index contributed by atoms with van der Waals surface area (Å²) in [7, 11) is 0. The minimum atomic E-state index is 0.0173. The van der Waals surface area contributed by atoms with Crippen molar-refractivity contribution >= 4 is 11.8 Å². The smallest absolute Gasteiger partial charge is 0.0569 e. The zero-order chi connectivity index (χ0) is 10.8. The molecular weight excluding hydrogens is 192 g/mol. The number of nitrogens with zero attached hydrogens (tertiary/aromatic N) is 1. The summed E-state index contributed by atoms with van der Waals surface area (Å²) >= 11 is 1.82. The molecule has 0 fully saturated rings. The van der Waals surface area contributed by atoms with Gasteiger partial charge in [0.15, 0.2) is 0 Å². The molecule has 0 saturated heterocycles. The first-order valence-corrected chi connectivity index (χ1v) is 5.61. The summed E-state index contributed by atoms with van der Waals surface area (Å²) in [5.41, 5.74) is 6.67. The lowest BCUT2D eigenvalue weighted by Gasteiger charge is -2.17. The van der Waals surface area contributed by atoms with E-state index < -0.39 is 0 Å². The van der Waals surface area contributed by atoms with Crippen LogP contribution in [0.2, 0.25) is 0 Å². The van der Waals surface area contributed by atoms with Gasteiger partial charge >= 0.3 is 0 Å². The monoisotopic (exact) mass is 210 g/mol. The van der Waals surface area contributed by atoms with E-state index in [-0.39, 0.29) is 10.8 Å². The Hall–Kier alpha value is -0.540. The van der Waals surface area contributed by atoms with Crippen molar-refractivity contribution in [3.05, 3.63) is 24.0 Å². The van der Waals surface area contributed by atoms with Crippen molar-refractivity contribution in [3.63, 3.8) is 0 Å². The van der Waals surface area contributed by atoms with Crippen LogP contribution in [0.15, 0.2) is 23.2 Å². The van der Waals surface area contributed by atoms with Crippen LogP contribution in [0.25, 0.3) is 0 Å². The zero-order valence-corrected chi connectivity index (χ0v) is 10.1. The summed E-state index contributed by atoms with van der Waals surface area (Å²) in [5, 5.41) is 0. The Kier molecular flexibility index (Phi) is 3.56. The fourth-order valence-corrected chi connectivity index (χ4v) is 2.02. The van der Waals surface area contributed by atoms with E-state index in [1.807, 2.05) is 30.9 Å². The molecule has 0 aliphatic rings. The van der Waals surface area contributed by atoms with E-state index in [2.05, 4.69) is 31.8 Å². The number of pyridine rings is 1. The van der Waals surface area contributed by atoms with Gasteiger partial charge in [-0.2, -0.15) is 0 Å². The number of nitrogens with two attached hydrogens (primary N) is 1. The van der Waals surface area contributed by atoms with E-state index in [1.54, 1.807) is 0 Å². The topological polar surface area (TPSA) is 38.9 Å². The van der Waals surface area contributed by atoms with E-state index in [0.29, 0.717) is 0 Å². The van der Waals surface area contributed by atoms with Crippen molar-refractivity contribution in [2.75, 3.05) is 0 Å². The van der Waals surface area contributed by atoms with Crippen LogP contribution in [-0.2, 0) is 0 Å². The summed E-state index contributed by atoms with van der Waals surface area (Å²) in [6, 6.07) is 4.10. The molecule has 14 heavy (non-hydrogen) atoms. The number of hydrogen-bond acceptors (Lipinski definition) is 3. The Morgan fingerprint density at radius 1 is 1.36 bits per heavy atom. The summed E-state index contributed by atoms with van der Waals surface area (Å²) < 4.78 is 0.234. The molecule has 1 rings (SSSR count). The maximum Gasteiger partial charge on any atom is 0.0569 e. The fraction of sp³-hybridized carbons (Fsp3) is 0.545. The number of rotatable bonds is 2. The molecule has 1 atom stereocenters. The third kappa shape index (κ3) is 3.68. The standard InChI is InChI=1S/C11H18N2S/c1-8(12)10-6-5-9(7-13-10)14-11(2,3)4/h5-8H,12H2,1-4H3. The molecule has 0 aliphatic carbocycles. The molecule has 0 bridgehead atoms. The van der Waals surface area contributed by atoms with Crippen LogP contribution < -0.4 is 5.73 Å². The van der Waals surface area contributed by atoms with Crippen molar-refractivity contribution in [1.29, 1.82) is 0 Å². The highest BCUT2D eigenvalue weighted by Crippen LogP contribution is 2.31. The highest BCUT2D eigenvalue weighted by molar-refractivity contribution is 8.00. The molecule has 78 valence electrons. The van der Waals surface area contributed by atoms with Crippen LogP contribution in [0, 0.1) is 0 Å². The second kappa shape index (κ2) is 4.32. The van der Waals surface area contributed by atoms with Crippen molar-refractivity contribution in [2.45, 2.75) is 43.4 Å². The van der Waals surface area contributed by atoms with Gasteiger partial charge < -0.3 is 5.73 Å². The summed E-state index contributed by atoms with van der Waals surface area (Å²) in [4.78, 5) is 5.51. The predicted molar refractivity (Wildman–Crippen MR) is 62.4 cm³/mol. The third-order valence-corrected chi connectivity index (χ3v) is 2.74. The lowest BCUT2D eigenvalue weighted by molar-refractivity contribution is 0.775. The lowest BCUT2D eigenvalue weighted by Crippen LogP contribution is -2.08. The molecule has 2 N–H and O–H groups in total. The molecule has 1 heterocycles. The van der Waals surface area contributed by atoms with Crippen molar-refractivity contribution in [1.82, 2.24) is 4.98 Å². The maximum absolute atomic E-state index is 5.72. The second-order valence-corrected chi connectivity index (χ2v) is 6.32. The van der Waals surface area contributed by atoms with Gasteiger partial charge in [0.05, 0.1) is 5.69 Å². The summed E-state index contributed by atoms with van der Waals surface area (Å²) in [6.45, 7) is 8.52. The van der Waals surface area contributed by atoms with Crippen LogP contribution in [0.3, 0.4) is 0 Å². The van der Waals surface area contributed by atoms with Crippen molar-refractivity contribution < 1.29 is 0 Å². The van der Waals surface area contributed by atoms with Gasteiger partial charge in [0.1, 0.15) is 0 Å². The lowest BCUT2D eigenvalue weighted by atomic mass is 10.2. The van der Waals surface area contributed by atoms with Crippen LogP contribution in [0.5, 0.6) is 0 Å². The zero-order valence-electron chi connectivity index (χ0n) is 9.24. The second-order valence-electron chi connectivity index (χ2n) is 4.42. The molecule has 0 radical (unpaired) electrons. The average molecular weight is 210 g/mol. The van der Waals surface area contributed by atoms with E-state index in [9.17, 15) is 0 Å². The van der Waals surface area contributed by atoms with Gasteiger partial charge in [0, 0.05) is 21.9 Å². The van der Waals surface area contributed by atoms with Crippen molar-refractivity contribution in [3.8, 4) is 0 Å². The van der Waals surface area contributed by atoms with E-state index >= 15 is 0 Å². The van der Waals surface area contributed by atoms with Crippen LogP contribution in [-0.4, -0.2) is 9.73 Å². The van der Waals surface area contributed by atoms with Gasteiger partial charge in [0.25, 0.3) is 0 Å². The van der Waals surface area contributed by atoms with E-state index in [4.69, 9.17) is 5.73 Å². The van der Waals surface area contributed by atoms with Gasteiger partial charge in [-0.15, -0.1) is 11.8 Å².